The summed E-state index contributed by atoms with van der Waals surface area (Å²) >= 11 is 12.2. The summed E-state index contributed by atoms with van der Waals surface area (Å²) in [5.41, 5.74) is 2.25. The maximum atomic E-state index is 6.36. The summed E-state index contributed by atoms with van der Waals surface area (Å²) in [5.74, 6) is 0.523. The molecule has 0 aromatic heterocycles. The van der Waals surface area contributed by atoms with Gasteiger partial charge in [-0.1, -0.05) is 30.5 Å². The van der Waals surface area contributed by atoms with Gasteiger partial charge in [0.25, 0.3) is 0 Å². The molecule has 1 nitrogen and oxygen atoms in total. The highest BCUT2D eigenvalue weighted by molar-refractivity contribution is 6.33. The first-order valence-electron chi connectivity index (χ1n) is 6.37. The molecular formula is C14H19Cl2N. The quantitative estimate of drug-likeness (QED) is 0.708. The highest BCUT2D eigenvalue weighted by atomic mass is 35.5. The molecule has 2 rings (SSSR count). The molecule has 1 aliphatic carbocycles. The molecule has 17 heavy (non-hydrogen) atoms. The van der Waals surface area contributed by atoms with Crippen molar-refractivity contribution in [2.75, 3.05) is 11.4 Å². The van der Waals surface area contributed by atoms with Gasteiger partial charge in [-0.2, -0.15) is 0 Å². The Bertz CT molecular complexity index is 372. The first-order valence-corrected chi connectivity index (χ1v) is 7.28. The lowest BCUT2D eigenvalue weighted by Gasteiger charge is -2.30. The van der Waals surface area contributed by atoms with E-state index in [1.807, 2.05) is 6.07 Å². The molecule has 0 unspecified atom stereocenters. The number of nitrogens with zero attached hydrogens (tertiary/aromatic N) is 1. The number of halogens is 2. The first-order chi connectivity index (χ1) is 8.26. The predicted molar refractivity (Wildman–Crippen MR) is 76.3 cm³/mol. The normalized spacial score (nSPS) is 16.4. The number of anilines is 1. The summed E-state index contributed by atoms with van der Waals surface area (Å²) in [7, 11) is 0. The molecule has 1 saturated carbocycles. The van der Waals surface area contributed by atoms with Crippen molar-refractivity contribution in [3.63, 3.8) is 0 Å². The Morgan fingerprint density at radius 1 is 1.29 bits per heavy atom. The molecule has 0 amide bonds. The van der Waals surface area contributed by atoms with E-state index < -0.39 is 0 Å². The smallest absolute Gasteiger partial charge is 0.0642 e. The van der Waals surface area contributed by atoms with Gasteiger partial charge in [-0.3, -0.25) is 0 Å². The van der Waals surface area contributed by atoms with Crippen molar-refractivity contribution in [1.82, 2.24) is 0 Å². The highest BCUT2D eigenvalue weighted by Gasteiger charge is 2.23. The molecule has 0 N–H and O–H groups in total. The van der Waals surface area contributed by atoms with E-state index in [0.29, 0.717) is 11.9 Å². The lowest BCUT2D eigenvalue weighted by Crippen LogP contribution is -2.33. The van der Waals surface area contributed by atoms with Gasteiger partial charge in [-0.15, -0.1) is 11.6 Å². The van der Waals surface area contributed by atoms with E-state index in [2.05, 4.69) is 24.0 Å². The van der Waals surface area contributed by atoms with Crippen LogP contribution < -0.4 is 4.90 Å². The van der Waals surface area contributed by atoms with Gasteiger partial charge in [0.05, 0.1) is 10.7 Å². The maximum absolute atomic E-state index is 6.36. The topological polar surface area (TPSA) is 3.24 Å². The second kappa shape index (κ2) is 5.97. The molecule has 0 radical (unpaired) electrons. The number of rotatable bonds is 4. The molecular weight excluding hydrogens is 253 g/mol. The molecule has 1 aromatic carbocycles. The van der Waals surface area contributed by atoms with Gasteiger partial charge in [0, 0.05) is 18.5 Å². The van der Waals surface area contributed by atoms with Crippen LogP contribution in [0.1, 0.15) is 38.2 Å². The van der Waals surface area contributed by atoms with E-state index >= 15 is 0 Å². The van der Waals surface area contributed by atoms with Gasteiger partial charge in [0.15, 0.2) is 0 Å². The minimum Gasteiger partial charge on any atom is -0.368 e. The maximum Gasteiger partial charge on any atom is 0.0642 e. The van der Waals surface area contributed by atoms with Crippen molar-refractivity contribution < 1.29 is 0 Å². The average Bonchev–Trinajstić information content (AvgIpc) is 2.85. The van der Waals surface area contributed by atoms with E-state index in [-0.39, 0.29) is 0 Å². The third kappa shape index (κ3) is 2.89. The Morgan fingerprint density at radius 3 is 2.53 bits per heavy atom. The van der Waals surface area contributed by atoms with Gasteiger partial charge in [-0.25, -0.2) is 0 Å². The largest absolute Gasteiger partial charge is 0.368 e. The standard InChI is InChI=1S/C14H19Cl2N/c1-2-17(12-5-3-4-6-12)14-8-7-11(10-15)9-13(14)16/h7-9,12H,2-6,10H2,1H3. The molecule has 0 bridgehead atoms. The van der Waals surface area contributed by atoms with E-state index in [9.17, 15) is 0 Å². The van der Waals surface area contributed by atoms with Gasteiger partial charge in [0.1, 0.15) is 0 Å². The second-order valence-electron chi connectivity index (χ2n) is 4.64. The van der Waals surface area contributed by atoms with Crippen molar-refractivity contribution in [3.05, 3.63) is 28.8 Å². The molecule has 0 aliphatic heterocycles. The van der Waals surface area contributed by atoms with Gasteiger partial charge < -0.3 is 4.90 Å². The van der Waals surface area contributed by atoms with Crippen LogP contribution in [-0.4, -0.2) is 12.6 Å². The van der Waals surface area contributed by atoms with Crippen LogP contribution >= 0.6 is 23.2 Å². The summed E-state index contributed by atoms with van der Waals surface area (Å²) in [4.78, 5) is 2.44. The lowest BCUT2D eigenvalue weighted by atomic mass is 10.1. The van der Waals surface area contributed by atoms with Crippen molar-refractivity contribution in [2.24, 2.45) is 0 Å². The van der Waals surface area contributed by atoms with Gasteiger partial charge >= 0.3 is 0 Å². The summed E-state index contributed by atoms with van der Waals surface area (Å²) in [6.45, 7) is 3.22. The predicted octanol–water partition coefficient (Wildman–Crippen LogP) is 4.85. The Balaban J connectivity index is 2.23. The van der Waals surface area contributed by atoms with Crippen LogP contribution in [0.4, 0.5) is 5.69 Å². The van der Waals surface area contributed by atoms with Crippen molar-refractivity contribution in [3.8, 4) is 0 Å². The monoisotopic (exact) mass is 271 g/mol. The zero-order valence-electron chi connectivity index (χ0n) is 10.3. The molecule has 1 aliphatic rings. The minimum absolute atomic E-state index is 0.523. The summed E-state index contributed by atoms with van der Waals surface area (Å²) < 4.78 is 0. The fourth-order valence-electron chi connectivity index (χ4n) is 2.71. The zero-order chi connectivity index (χ0) is 12.3. The number of alkyl halides is 1. The Labute approximate surface area is 114 Å². The highest BCUT2D eigenvalue weighted by Crippen LogP contribution is 2.33. The number of benzene rings is 1. The third-order valence-electron chi connectivity index (χ3n) is 3.58. The molecule has 0 heterocycles. The first kappa shape index (κ1) is 13.0. The summed E-state index contributed by atoms with van der Waals surface area (Å²) in [6, 6.07) is 6.84. The molecule has 3 heteroatoms. The second-order valence-corrected chi connectivity index (χ2v) is 5.32. The SMILES string of the molecule is CCN(c1ccc(CCl)cc1Cl)C1CCCC1. The van der Waals surface area contributed by atoms with Gasteiger partial charge in [-0.05, 0) is 37.5 Å². The fraction of sp³-hybridized carbons (Fsp3) is 0.571. The van der Waals surface area contributed by atoms with E-state index in [1.54, 1.807) is 0 Å². The van der Waals surface area contributed by atoms with Crippen LogP contribution in [0, 0.1) is 0 Å². The van der Waals surface area contributed by atoms with Crippen molar-refractivity contribution in [1.29, 1.82) is 0 Å². The van der Waals surface area contributed by atoms with Crippen LogP contribution in [0.3, 0.4) is 0 Å². The zero-order valence-corrected chi connectivity index (χ0v) is 11.8. The van der Waals surface area contributed by atoms with Crippen LogP contribution in [-0.2, 0) is 5.88 Å². The Kier molecular flexibility index (Phi) is 4.58. The van der Waals surface area contributed by atoms with E-state index in [1.165, 1.54) is 25.7 Å². The van der Waals surface area contributed by atoms with Crippen LogP contribution in [0.2, 0.25) is 5.02 Å². The third-order valence-corrected chi connectivity index (χ3v) is 4.19. The summed E-state index contributed by atoms with van der Waals surface area (Å²) in [6.07, 6.45) is 5.28. The lowest BCUT2D eigenvalue weighted by molar-refractivity contribution is 0.620. The van der Waals surface area contributed by atoms with Gasteiger partial charge in [0.2, 0.25) is 0 Å². The van der Waals surface area contributed by atoms with E-state index in [4.69, 9.17) is 23.2 Å². The van der Waals surface area contributed by atoms with Crippen LogP contribution in [0.5, 0.6) is 0 Å². The van der Waals surface area contributed by atoms with Crippen molar-refractivity contribution in [2.45, 2.75) is 44.5 Å². The number of hydrogen-bond acceptors (Lipinski definition) is 1. The fourth-order valence-corrected chi connectivity index (χ4v) is 3.19. The molecule has 1 aromatic rings. The molecule has 0 saturated heterocycles. The summed E-state index contributed by atoms with van der Waals surface area (Å²) in [5, 5.41) is 0.830. The molecule has 1 fully saturated rings. The molecule has 0 atom stereocenters. The van der Waals surface area contributed by atoms with Crippen molar-refractivity contribution >= 4 is 28.9 Å². The Hall–Kier alpha value is -0.400. The Morgan fingerprint density at radius 2 is 2.00 bits per heavy atom. The van der Waals surface area contributed by atoms with Crippen LogP contribution in [0.25, 0.3) is 0 Å². The average molecular weight is 272 g/mol. The number of hydrogen-bond donors (Lipinski definition) is 0. The van der Waals surface area contributed by atoms with E-state index in [0.717, 1.165) is 22.8 Å². The minimum atomic E-state index is 0.523. The molecule has 94 valence electrons. The van der Waals surface area contributed by atoms with Crippen LogP contribution in [0.15, 0.2) is 18.2 Å². The molecule has 0 spiro atoms.